The van der Waals surface area contributed by atoms with Gasteiger partial charge in [-0.1, -0.05) is 19.6 Å². The summed E-state index contributed by atoms with van der Waals surface area (Å²) in [5.74, 6) is 1.40. The van der Waals surface area contributed by atoms with Gasteiger partial charge >= 0.3 is 0 Å². The number of hydrogen-bond acceptors (Lipinski definition) is 2. The average Bonchev–Trinajstić information content (AvgIpc) is 2.25. The van der Waals surface area contributed by atoms with Gasteiger partial charge in [0.2, 0.25) is 0 Å². The molecule has 0 aliphatic carbocycles. The van der Waals surface area contributed by atoms with E-state index in [2.05, 4.69) is 18.2 Å². The van der Waals surface area contributed by atoms with E-state index in [1.807, 2.05) is 24.4 Å². The Morgan fingerprint density at radius 3 is 2.69 bits per heavy atom. The zero-order valence-electron chi connectivity index (χ0n) is 10.2. The van der Waals surface area contributed by atoms with Crippen molar-refractivity contribution >= 4 is 17.8 Å². The van der Waals surface area contributed by atoms with Crippen LogP contribution < -0.4 is 0 Å². The van der Waals surface area contributed by atoms with Gasteiger partial charge in [-0.25, -0.2) is 9.38 Å². The van der Waals surface area contributed by atoms with Crippen LogP contribution in [0.1, 0.15) is 20.3 Å². The predicted octanol–water partition coefficient (Wildman–Crippen LogP) is 3.95. The van der Waals surface area contributed by atoms with E-state index >= 15 is 0 Å². The highest BCUT2D eigenvalue weighted by atomic mass is 32.2. The Morgan fingerprint density at radius 2 is 2.19 bits per heavy atom. The van der Waals surface area contributed by atoms with Gasteiger partial charge < -0.3 is 4.31 Å². The van der Waals surface area contributed by atoms with E-state index in [0.717, 1.165) is 11.6 Å². The maximum absolute atomic E-state index is 12.9. The van der Waals surface area contributed by atoms with Crippen molar-refractivity contribution in [1.29, 1.82) is 0 Å². The topological polar surface area (TPSA) is 15.6 Å². The highest BCUT2D eigenvalue weighted by molar-refractivity contribution is 7.97. The lowest BCUT2D eigenvalue weighted by atomic mass is 10.3. The third kappa shape index (κ3) is 6.45. The summed E-state index contributed by atoms with van der Waals surface area (Å²) < 4.78 is 14.8. The molecule has 0 unspecified atom stereocenters. The van der Waals surface area contributed by atoms with Crippen molar-refractivity contribution in [3.05, 3.63) is 36.8 Å². The van der Waals surface area contributed by atoms with Gasteiger partial charge in [-0.15, -0.1) is 6.58 Å². The van der Waals surface area contributed by atoms with E-state index < -0.39 is 0 Å². The molecule has 0 spiro atoms. The molecule has 0 aliphatic heterocycles. The summed E-state index contributed by atoms with van der Waals surface area (Å²) >= 11 is 1.58. The smallest absolute Gasteiger partial charge is 0.111 e. The highest BCUT2D eigenvalue weighted by Gasteiger charge is 2.00. The molecule has 0 rings (SSSR count). The Bertz CT molecular complexity index is 308. The summed E-state index contributed by atoms with van der Waals surface area (Å²) in [7, 11) is 1.90. The average molecular weight is 242 g/mol. The van der Waals surface area contributed by atoms with Crippen molar-refractivity contribution in [2.75, 3.05) is 12.8 Å². The number of amidine groups is 1. The van der Waals surface area contributed by atoms with E-state index in [1.165, 1.54) is 6.08 Å². The summed E-state index contributed by atoms with van der Waals surface area (Å²) in [6, 6.07) is 0. The van der Waals surface area contributed by atoms with E-state index in [9.17, 15) is 4.39 Å². The molecule has 0 heterocycles. The molecule has 0 saturated carbocycles. The fourth-order valence-electron chi connectivity index (χ4n) is 0.851. The van der Waals surface area contributed by atoms with E-state index in [4.69, 9.17) is 0 Å². The molecule has 0 radical (unpaired) electrons. The first-order valence-electron chi connectivity index (χ1n) is 5.09. The Labute approximate surface area is 102 Å². The third-order valence-electron chi connectivity index (χ3n) is 1.81. The number of halogens is 1. The lowest BCUT2D eigenvalue weighted by molar-refractivity contribution is 0.603. The van der Waals surface area contributed by atoms with Gasteiger partial charge in [-0.05, 0) is 31.4 Å². The molecule has 0 fully saturated rings. The van der Waals surface area contributed by atoms with Crippen LogP contribution >= 0.6 is 11.9 Å². The minimum atomic E-state index is -0.206. The molecule has 0 amide bonds. The van der Waals surface area contributed by atoms with Crippen molar-refractivity contribution in [2.45, 2.75) is 20.3 Å². The number of aliphatic imine (C=N–C) groups is 1. The van der Waals surface area contributed by atoms with Crippen LogP contribution in [-0.4, -0.2) is 22.9 Å². The molecule has 0 aliphatic rings. The van der Waals surface area contributed by atoms with Crippen LogP contribution in [0.2, 0.25) is 0 Å². The van der Waals surface area contributed by atoms with Crippen LogP contribution in [0, 0.1) is 0 Å². The van der Waals surface area contributed by atoms with Crippen LogP contribution in [0.25, 0.3) is 0 Å². The Hall–Kier alpha value is -1.03. The molecular formula is C12H19FN2S. The third-order valence-corrected chi connectivity index (χ3v) is 2.84. The zero-order chi connectivity index (χ0) is 12.6. The number of allylic oxidation sites excluding steroid dienone is 2. The molecule has 0 N–H and O–H groups in total. The maximum Gasteiger partial charge on any atom is 0.111 e. The van der Waals surface area contributed by atoms with Crippen LogP contribution in [0.3, 0.4) is 0 Å². The van der Waals surface area contributed by atoms with Gasteiger partial charge in [0.05, 0.1) is 5.70 Å². The van der Waals surface area contributed by atoms with Gasteiger partial charge in [0.1, 0.15) is 11.7 Å². The van der Waals surface area contributed by atoms with Crippen LogP contribution in [0.4, 0.5) is 4.39 Å². The fraction of sp³-hybridized carbons (Fsp3) is 0.417. The molecule has 0 saturated heterocycles. The number of hydrogen-bond donors (Lipinski definition) is 0. The van der Waals surface area contributed by atoms with Crippen molar-refractivity contribution in [2.24, 2.45) is 4.99 Å². The second-order valence-corrected chi connectivity index (χ2v) is 4.32. The standard InChI is InChI=1S/C12H19FN2S/c1-6-8-16-15(5)11(4)14-10(3)9-12(13)7-2/h6,9H,1,3,7-8H2,2,4-5H3/b12-9+,14-11-. The maximum atomic E-state index is 12.9. The summed E-state index contributed by atoms with van der Waals surface area (Å²) in [5, 5.41) is 0. The van der Waals surface area contributed by atoms with Gasteiger partial charge in [0, 0.05) is 12.8 Å². The quantitative estimate of drug-likeness (QED) is 0.230. The molecule has 0 aromatic carbocycles. The number of nitrogens with zero attached hydrogens (tertiary/aromatic N) is 2. The molecule has 0 atom stereocenters. The van der Waals surface area contributed by atoms with Crippen molar-refractivity contribution in [3.63, 3.8) is 0 Å². The molecule has 0 bridgehead atoms. The molecule has 0 aromatic heterocycles. The molecular weight excluding hydrogens is 223 g/mol. The molecule has 4 heteroatoms. The van der Waals surface area contributed by atoms with Crippen LogP contribution in [0.15, 0.2) is 41.8 Å². The van der Waals surface area contributed by atoms with Crippen molar-refractivity contribution in [1.82, 2.24) is 4.31 Å². The van der Waals surface area contributed by atoms with Crippen molar-refractivity contribution in [3.8, 4) is 0 Å². The summed E-state index contributed by atoms with van der Waals surface area (Å²) in [5.41, 5.74) is 0.433. The first kappa shape index (κ1) is 15.0. The highest BCUT2D eigenvalue weighted by Crippen LogP contribution is 2.11. The zero-order valence-corrected chi connectivity index (χ0v) is 11.0. The van der Waals surface area contributed by atoms with Gasteiger partial charge in [-0.3, -0.25) is 0 Å². The first-order valence-corrected chi connectivity index (χ1v) is 6.03. The molecule has 90 valence electrons. The second-order valence-electron chi connectivity index (χ2n) is 3.18. The monoisotopic (exact) mass is 242 g/mol. The predicted molar refractivity (Wildman–Crippen MR) is 72.1 cm³/mol. The lowest BCUT2D eigenvalue weighted by Gasteiger charge is -2.15. The SMILES string of the molecule is C=CCSN(C)/C(C)=N\C(=C)/C=C(/F)CC. The molecule has 0 aromatic rings. The summed E-state index contributed by atoms with van der Waals surface area (Å²) in [4.78, 5) is 4.19. The normalized spacial score (nSPS) is 12.5. The lowest BCUT2D eigenvalue weighted by Crippen LogP contribution is -2.16. The minimum absolute atomic E-state index is 0.206. The van der Waals surface area contributed by atoms with Gasteiger partial charge in [0.25, 0.3) is 0 Å². The fourth-order valence-corrected chi connectivity index (χ4v) is 1.41. The Morgan fingerprint density at radius 1 is 1.56 bits per heavy atom. The van der Waals surface area contributed by atoms with Crippen LogP contribution in [-0.2, 0) is 0 Å². The summed E-state index contributed by atoms with van der Waals surface area (Å²) in [6.07, 6.45) is 3.55. The Balaban J connectivity index is 4.40. The van der Waals surface area contributed by atoms with E-state index in [0.29, 0.717) is 12.1 Å². The Kier molecular flexibility index (Phi) is 7.64. The van der Waals surface area contributed by atoms with Gasteiger partial charge in [0.15, 0.2) is 0 Å². The van der Waals surface area contributed by atoms with E-state index in [1.54, 1.807) is 18.9 Å². The summed E-state index contributed by atoms with van der Waals surface area (Å²) in [6.45, 7) is 10.9. The molecule has 16 heavy (non-hydrogen) atoms. The van der Waals surface area contributed by atoms with E-state index in [-0.39, 0.29) is 5.83 Å². The van der Waals surface area contributed by atoms with Gasteiger partial charge in [-0.2, -0.15) is 0 Å². The second kappa shape index (κ2) is 8.16. The molecule has 2 nitrogen and oxygen atoms in total. The minimum Gasteiger partial charge on any atom is -0.307 e. The van der Waals surface area contributed by atoms with Crippen LogP contribution in [0.5, 0.6) is 0 Å². The van der Waals surface area contributed by atoms with Crippen molar-refractivity contribution < 1.29 is 4.39 Å². The first-order chi connectivity index (χ1) is 7.51. The largest absolute Gasteiger partial charge is 0.307 e. The number of rotatable bonds is 6.